The van der Waals surface area contributed by atoms with Crippen molar-refractivity contribution in [3.05, 3.63) is 53.5 Å². The summed E-state index contributed by atoms with van der Waals surface area (Å²) < 4.78 is 2.21. The average molecular weight is 444 g/mol. The molecule has 33 heavy (non-hydrogen) atoms. The van der Waals surface area contributed by atoms with Crippen LogP contribution in [0.2, 0.25) is 0 Å². The summed E-state index contributed by atoms with van der Waals surface area (Å²) in [5, 5.41) is 11.8. The summed E-state index contributed by atoms with van der Waals surface area (Å²) in [6.07, 6.45) is 6.41. The van der Waals surface area contributed by atoms with Gasteiger partial charge in [0.05, 0.1) is 18.1 Å². The van der Waals surface area contributed by atoms with E-state index < -0.39 is 0 Å². The maximum Gasteiger partial charge on any atom is 0.130 e. The molecule has 3 aliphatic rings. The van der Waals surface area contributed by atoms with Crippen molar-refractivity contribution in [3.63, 3.8) is 0 Å². The fourth-order valence-electron chi connectivity index (χ4n) is 5.45. The number of rotatable bonds is 4. The first-order valence-corrected chi connectivity index (χ1v) is 12.2. The molecule has 7 heteroatoms. The number of piperazine rings is 1. The van der Waals surface area contributed by atoms with Gasteiger partial charge in [0.1, 0.15) is 5.82 Å². The second kappa shape index (κ2) is 8.47. The van der Waals surface area contributed by atoms with Gasteiger partial charge in [0, 0.05) is 62.8 Å². The van der Waals surface area contributed by atoms with Gasteiger partial charge in [-0.15, -0.1) is 0 Å². The Kier molecular flexibility index (Phi) is 5.31. The molecule has 3 aromatic rings. The van der Waals surface area contributed by atoms with E-state index in [9.17, 15) is 0 Å². The van der Waals surface area contributed by atoms with Crippen molar-refractivity contribution in [1.29, 1.82) is 0 Å². The van der Waals surface area contributed by atoms with Crippen LogP contribution in [0, 0.1) is 5.92 Å². The Morgan fingerprint density at radius 1 is 0.939 bits per heavy atom. The molecule has 1 fully saturated rings. The van der Waals surface area contributed by atoms with Crippen LogP contribution in [-0.2, 0) is 26.1 Å². The van der Waals surface area contributed by atoms with Gasteiger partial charge in [-0.25, -0.2) is 4.98 Å². The zero-order valence-electron chi connectivity index (χ0n) is 19.6. The van der Waals surface area contributed by atoms with Gasteiger partial charge in [-0.2, -0.15) is 5.10 Å². The quantitative estimate of drug-likeness (QED) is 0.642. The number of benzene rings is 1. The minimum absolute atomic E-state index is 0.722. The van der Waals surface area contributed by atoms with Gasteiger partial charge in [0.2, 0.25) is 0 Å². The molecule has 1 saturated heterocycles. The summed E-state index contributed by atoms with van der Waals surface area (Å²) in [6.45, 7) is 9.48. The Labute approximate surface area is 195 Å². The van der Waals surface area contributed by atoms with Gasteiger partial charge in [-0.1, -0.05) is 13.0 Å². The fourth-order valence-corrected chi connectivity index (χ4v) is 5.45. The van der Waals surface area contributed by atoms with Crippen LogP contribution in [0.4, 0.5) is 17.2 Å². The summed E-state index contributed by atoms with van der Waals surface area (Å²) in [7, 11) is 2.18. The smallest absolute Gasteiger partial charge is 0.130 e. The Balaban J connectivity index is 1.25. The van der Waals surface area contributed by atoms with Crippen LogP contribution >= 0.6 is 0 Å². The highest BCUT2D eigenvalue weighted by molar-refractivity contribution is 5.77. The van der Waals surface area contributed by atoms with Crippen molar-refractivity contribution >= 4 is 17.2 Å². The van der Waals surface area contributed by atoms with E-state index in [0.717, 1.165) is 69.7 Å². The Morgan fingerprint density at radius 3 is 2.61 bits per heavy atom. The van der Waals surface area contributed by atoms with E-state index in [1.165, 1.54) is 40.1 Å². The van der Waals surface area contributed by atoms with E-state index in [1.54, 1.807) is 0 Å². The van der Waals surface area contributed by atoms with Crippen LogP contribution in [0.15, 0.2) is 36.7 Å². The van der Waals surface area contributed by atoms with Gasteiger partial charge >= 0.3 is 0 Å². The molecule has 0 spiro atoms. The normalized spacial score (nSPS) is 20.5. The summed E-state index contributed by atoms with van der Waals surface area (Å²) in [6, 6.07) is 8.77. The Bertz CT molecular complexity index is 1140. The topological polar surface area (TPSA) is 61.3 Å². The van der Waals surface area contributed by atoms with E-state index in [4.69, 9.17) is 10.1 Å². The average Bonchev–Trinajstić information content (AvgIpc) is 3.48. The van der Waals surface area contributed by atoms with Crippen LogP contribution in [0.1, 0.15) is 30.2 Å². The van der Waals surface area contributed by atoms with Crippen molar-refractivity contribution in [2.45, 2.75) is 39.4 Å². The number of hydrogen-bond acceptors (Lipinski definition) is 6. The lowest BCUT2D eigenvalue weighted by atomic mass is 9.91. The third-order valence-electron chi connectivity index (χ3n) is 7.53. The molecule has 1 atom stereocenters. The largest absolute Gasteiger partial charge is 0.368 e. The highest BCUT2D eigenvalue weighted by atomic mass is 15.3. The monoisotopic (exact) mass is 443 g/mol. The molecule has 0 aliphatic carbocycles. The lowest BCUT2D eigenvalue weighted by Crippen LogP contribution is -2.44. The van der Waals surface area contributed by atoms with Crippen LogP contribution < -0.4 is 15.5 Å². The molecule has 0 radical (unpaired) electrons. The van der Waals surface area contributed by atoms with Crippen LogP contribution in [-0.4, -0.2) is 52.9 Å². The second-order valence-corrected chi connectivity index (χ2v) is 9.86. The van der Waals surface area contributed by atoms with Crippen LogP contribution in [0.3, 0.4) is 0 Å². The fraction of sp³-hybridized carbons (Fsp3) is 0.462. The number of aryl methyl sites for hydroxylation is 1. The van der Waals surface area contributed by atoms with Crippen molar-refractivity contribution in [2.75, 3.05) is 43.4 Å². The van der Waals surface area contributed by atoms with E-state index in [1.807, 2.05) is 6.20 Å². The molecule has 1 aromatic carbocycles. The van der Waals surface area contributed by atoms with E-state index in [0.29, 0.717) is 0 Å². The lowest BCUT2D eigenvalue weighted by Gasteiger charge is -2.33. The van der Waals surface area contributed by atoms with Gasteiger partial charge in [-0.05, 0) is 60.7 Å². The zero-order valence-corrected chi connectivity index (χ0v) is 19.6. The minimum atomic E-state index is 0.722. The second-order valence-electron chi connectivity index (χ2n) is 9.86. The molecular formula is C26H33N7. The number of nitrogens with one attached hydrogen (secondary N) is 2. The standard InChI is InChI=1S/C26H33N7/c1-18-7-8-33-25(13-18)23(17-29-33)20-4-5-24(22-16-27-15-21(20)22)30-26-6-3-19(14-28-26)32-11-9-31(2)10-12-32/h3-6,14,17-18,27H,7-13,15-16H2,1-2H3,(H,28,30)/t18-/m1/s1. The number of hydrogen-bond donors (Lipinski definition) is 2. The van der Waals surface area contributed by atoms with Gasteiger partial charge in [-0.3, -0.25) is 4.68 Å². The molecule has 0 saturated carbocycles. The molecule has 7 nitrogen and oxygen atoms in total. The highest BCUT2D eigenvalue weighted by Crippen LogP contribution is 2.38. The lowest BCUT2D eigenvalue weighted by molar-refractivity contribution is 0.313. The first-order chi connectivity index (χ1) is 16.2. The number of aromatic nitrogens is 3. The van der Waals surface area contributed by atoms with Crippen molar-refractivity contribution in [2.24, 2.45) is 5.92 Å². The maximum absolute atomic E-state index is 4.73. The van der Waals surface area contributed by atoms with Crippen LogP contribution in [0.25, 0.3) is 11.1 Å². The SMILES string of the molecule is C[C@@H]1CCn2ncc(-c3ccc(Nc4ccc(N5CCN(C)CC5)cn4)c4c3CNC4)c2C1. The first kappa shape index (κ1) is 20.7. The molecule has 2 aromatic heterocycles. The molecule has 0 bridgehead atoms. The maximum atomic E-state index is 4.73. The molecule has 3 aliphatic heterocycles. The van der Waals surface area contributed by atoms with Crippen molar-refractivity contribution < 1.29 is 0 Å². The van der Waals surface area contributed by atoms with Crippen molar-refractivity contribution in [1.82, 2.24) is 25.0 Å². The molecule has 5 heterocycles. The third-order valence-corrected chi connectivity index (χ3v) is 7.53. The highest BCUT2D eigenvalue weighted by Gasteiger charge is 2.25. The zero-order chi connectivity index (χ0) is 22.4. The van der Waals surface area contributed by atoms with Crippen LogP contribution in [0.5, 0.6) is 0 Å². The predicted octanol–water partition coefficient (Wildman–Crippen LogP) is 3.63. The number of likely N-dealkylation sites (N-methyl/N-ethyl adjacent to an activating group) is 1. The summed E-state index contributed by atoms with van der Waals surface area (Å²) >= 11 is 0. The summed E-state index contributed by atoms with van der Waals surface area (Å²) in [5.74, 6) is 1.62. The molecule has 0 unspecified atom stereocenters. The Hall–Kier alpha value is -2.90. The van der Waals surface area contributed by atoms with E-state index >= 15 is 0 Å². The molecule has 6 rings (SSSR count). The molecular weight excluding hydrogens is 410 g/mol. The summed E-state index contributed by atoms with van der Waals surface area (Å²) in [5.41, 5.74) is 9.12. The first-order valence-electron chi connectivity index (χ1n) is 12.2. The van der Waals surface area contributed by atoms with Gasteiger partial charge in [0.15, 0.2) is 0 Å². The van der Waals surface area contributed by atoms with Crippen molar-refractivity contribution in [3.8, 4) is 11.1 Å². The number of anilines is 3. The third kappa shape index (κ3) is 3.89. The van der Waals surface area contributed by atoms with E-state index in [2.05, 4.69) is 69.5 Å². The number of pyridine rings is 1. The summed E-state index contributed by atoms with van der Waals surface area (Å²) in [4.78, 5) is 9.52. The molecule has 172 valence electrons. The van der Waals surface area contributed by atoms with Gasteiger partial charge in [0.25, 0.3) is 0 Å². The minimum Gasteiger partial charge on any atom is -0.368 e. The van der Waals surface area contributed by atoms with Gasteiger partial charge < -0.3 is 20.4 Å². The predicted molar refractivity (Wildman–Crippen MR) is 133 cm³/mol. The number of nitrogens with zero attached hydrogens (tertiary/aromatic N) is 5. The molecule has 2 N–H and O–H groups in total. The Morgan fingerprint density at radius 2 is 1.79 bits per heavy atom. The molecule has 0 amide bonds. The van der Waals surface area contributed by atoms with E-state index in [-0.39, 0.29) is 0 Å². The number of fused-ring (bicyclic) bond motifs is 2.